The molecule has 0 aliphatic heterocycles. The van der Waals surface area contributed by atoms with E-state index in [1.165, 1.54) is 0 Å². The molecular weight excluding hydrogens is 278 g/mol. The summed E-state index contributed by atoms with van der Waals surface area (Å²) >= 11 is 0. The SMILES string of the molecule is CC[C@@H](C)n1nccc1NC(=O)c1cccc2[nH]c(C)nc12. The third kappa shape index (κ3) is 2.47. The molecule has 0 aliphatic rings. The maximum absolute atomic E-state index is 12.6. The van der Waals surface area contributed by atoms with Crippen LogP contribution >= 0.6 is 0 Å². The van der Waals surface area contributed by atoms with Gasteiger partial charge in [0.05, 0.1) is 23.3 Å². The number of hydrogen-bond acceptors (Lipinski definition) is 3. The number of amides is 1. The maximum Gasteiger partial charge on any atom is 0.259 e. The van der Waals surface area contributed by atoms with Crippen LogP contribution in [-0.2, 0) is 0 Å². The van der Waals surface area contributed by atoms with Crippen molar-refractivity contribution in [1.82, 2.24) is 19.7 Å². The van der Waals surface area contributed by atoms with Gasteiger partial charge in [-0.25, -0.2) is 9.67 Å². The number of H-pyrrole nitrogens is 1. The highest BCUT2D eigenvalue weighted by atomic mass is 16.1. The molecule has 0 radical (unpaired) electrons. The molecule has 2 N–H and O–H groups in total. The van der Waals surface area contributed by atoms with Crippen LogP contribution in [-0.4, -0.2) is 25.7 Å². The average molecular weight is 297 g/mol. The largest absolute Gasteiger partial charge is 0.342 e. The number of aromatic nitrogens is 4. The number of fused-ring (bicyclic) bond motifs is 1. The molecule has 0 aliphatic carbocycles. The molecule has 114 valence electrons. The fourth-order valence-corrected chi connectivity index (χ4v) is 2.46. The first-order valence-electron chi connectivity index (χ1n) is 7.40. The summed E-state index contributed by atoms with van der Waals surface area (Å²) in [6.07, 6.45) is 2.64. The van der Waals surface area contributed by atoms with E-state index in [2.05, 4.69) is 34.2 Å². The van der Waals surface area contributed by atoms with Gasteiger partial charge < -0.3 is 10.3 Å². The summed E-state index contributed by atoms with van der Waals surface area (Å²) in [5, 5.41) is 7.21. The van der Waals surface area contributed by atoms with Crippen LogP contribution in [0.25, 0.3) is 11.0 Å². The lowest BCUT2D eigenvalue weighted by atomic mass is 10.1. The molecule has 3 rings (SSSR count). The molecule has 1 atom stereocenters. The van der Waals surface area contributed by atoms with Crippen LogP contribution in [0.2, 0.25) is 0 Å². The Labute approximate surface area is 128 Å². The Kier molecular flexibility index (Phi) is 3.66. The van der Waals surface area contributed by atoms with Gasteiger partial charge in [-0.2, -0.15) is 5.10 Å². The number of aromatic amines is 1. The molecule has 0 unspecified atom stereocenters. The number of para-hydroxylation sites is 1. The Morgan fingerprint density at radius 2 is 2.23 bits per heavy atom. The second kappa shape index (κ2) is 5.63. The van der Waals surface area contributed by atoms with Crippen molar-refractivity contribution in [3.8, 4) is 0 Å². The Bertz CT molecular complexity index is 817. The van der Waals surface area contributed by atoms with Gasteiger partial charge in [0.25, 0.3) is 5.91 Å². The van der Waals surface area contributed by atoms with E-state index in [-0.39, 0.29) is 11.9 Å². The Morgan fingerprint density at radius 1 is 1.41 bits per heavy atom. The van der Waals surface area contributed by atoms with Gasteiger partial charge in [-0.1, -0.05) is 13.0 Å². The predicted octanol–water partition coefficient (Wildman–Crippen LogP) is 3.29. The standard InChI is InChI=1S/C16H19N5O/c1-4-10(2)21-14(8-9-17-21)20-16(22)12-6-5-7-13-15(12)19-11(3)18-13/h5-10H,4H2,1-3H3,(H,18,19)(H,20,22)/t10-/m1/s1. The molecule has 0 saturated heterocycles. The van der Waals surface area contributed by atoms with E-state index in [1.54, 1.807) is 18.3 Å². The number of nitrogens with one attached hydrogen (secondary N) is 2. The van der Waals surface area contributed by atoms with Crippen molar-refractivity contribution in [3.63, 3.8) is 0 Å². The number of imidazole rings is 1. The summed E-state index contributed by atoms with van der Waals surface area (Å²) in [6, 6.07) is 7.58. The van der Waals surface area contributed by atoms with E-state index in [0.717, 1.165) is 17.8 Å². The summed E-state index contributed by atoms with van der Waals surface area (Å²) < 4.78 is 1.83. The van der Waals surface area contributed by atoms with E-state index in [0.29, 0.717) is 16.9 Å². The summed E-state index contributed by atoms with van der Waals surface area (Å²) in [4.78, 5) is 20.1. The van der Waals surface area contributed by atoms with Crippen LogP contribution in [0.5, 0.6) is 0 Å². The lowest BCUT2D eigenvalue weighted by Crippen LogP contribution is -2.17. The first-order valence-corrected chi connectivity index (χ1v) is 7.40. The topological polar surface area (TPSA) is 75.6 Å². The number of anilines is 1. The van der Waals surface area contributed by atoms with Crippen molar-refractivity contribution >= 4 is 22.8 Å². The van der Waals surface area contributed by atoms with E-state index >= 15 is 0 Å². The van der Waals surface area contributed by atoms with Crippen LogP contribution < -0.4 is 5.32 Å². The van der Waals surface area contributed by atoms with Crippen LogP contribution in [0.15, 0.2) is 30.5 Å². The number of benzene rings is 1. The number of carbonyl (C=O) groups is 1. The van der Waals surface area contributed by atoms with Gasteiger partial charge in [0, 0.05) is 6.07 Å². The highest BCUT2D eigenvalue weighted by Crippen LogP contribution is 2.20. The number of aryl methyl sites for hydroxylation is 1. The zero-order chi connectivity index (χ0) is 15.7. The van der Waals surface area contributed by atoms with Crippen LogP contribution in [0, 0.1) is 6.92 Å². The van der Waals surface area contributed by atoms with Crippen LogP contribution in [0.4, 0.5) is 5.82 Å². The van der Waals surface area contributed by atoms with Gasteiger partial charge in [-0.05, 0) is 32.4 Å². The molecule has 22 heavy (non-hydrogen) atoms. The van der Waals surface area contributed by atoms with Crippen LogP contribution in [0.3, 0.4) is 0 Å². The third-order valence-electron chi connectivity index (χ3n) is 3.80. The van der Waals surface area contributed by atoms with Crippen molar-refractivity contribution in [2.24, 2.45) is 0 Å². The van der Waals surface area contributed by atoms with E-state index in [1.807, 2.05) is 23.7 Å². The minimum Gasteiger partial charge on any atom is -0.342 e. The zero-order valence-corrected chi connectivity index (χ0v) is 12.9. The highest BCUT2D eigenvalue weighted by Gasteiger charge is 2.16. The number of rotatable bonds is 4. The second-order valence-corrected chi connectivity index (χ2v) is 5.40. The zero-order valence-electron chi connectivity index (χ0n) is 12.9. The van der Waals surface area contributed by atoms with Crippen molar-refractivity contribution in [2.75, 3.05) is 5.32 Å². The fraction of sp³-hybridized carbons (Fsp3) is 0.312. The van der Waals surface area contributed by atoms with Crippen molar-refractivity contribution < 1.29 is 4.79 Å². The smallest absolute Gasteiger partial charge is 0.259 e. The molecule has 6 heteroatoms. The van der Waals surface area contributed by atoms with E-state index in [4.69, 9.17) is 0 Å². The second-order valence-electron chi connectivity index (χ2n) is 5.40. The van der Waals surface area contributed by atoms with Gasteiger partial charge in [0.15, 0.2) is 0 Å². The quantitative estimate of drug-likeness (QED) is 0.776. The normalized spacial score (nSPS) is 12.5. The minimum atomic E-state index is -0.179. The summed E-state index contributed by atoms with van der Waals surface area (Å²) in [7, 11) is 0. The molecule has 2 heterocycles. The van der Waals surface area contributed by atoms with Gasteiger partial charge >= 0.3 is 0 Å². The summed E-state index contributed by atoms with van der Waals surface area (Å²) in [6.45, 7) is 6.03. The van der Waals surface area contributed by atoms with Crippen molar-refractivity contribution in [2.45, 2.75) is 33.2 Å². The molecule has 2 aromatic heterocycles. The molecule has 0 fully saturated rings. The van der Waals surface area contributed by atoms with Gasteiger partial charge in [-0.3, -0.25) is 4.79 Å². The molecule has 0 saturated carbocycles. The van der Waals surface area contributed by atoms with Gasteiger partial charge in [0.1, 0.15) is 17.2 Å². The minimum absolute atomic E-state index is 0.179. The van der Waals surface area contributed by atoms with Gasteiger partial charge in [0.2, 0.25) is 0 Å². The third-order valence-corrected chi connectivity index (χ3v) is 3.80. The highest BCUT2D eigenvalue weighted by molar-refractivity contribution is 6.11. The number of carbonyl (C=O) groups excluding carboxylic acids is 1. The lowest BCUT2D eigenvalue weighted by molar-refractivity contribution is 0.102. The Morgan fingerprint density at radius 3 is 3.00 bits per heavy atom. The monoisotopic (exact) mass is 297 g/mol. The molecular formula is C16H19N5O. The number of nitrogens with zero attached hydrogens (tertiary/aromatic N) is 3. The molecule has 1 aromatic carbocycles. The number of hydrogen-bond donors (Lipinski definition) is 2. The van der Waals surface area contributed by atoms with E-state index in [9.17, 15) is 4.79 Å². The molecule has 0 spiro atoms. The maximum atomic E-state index is 12.6. The summed E-state index contributed by atoms with van der Waals surface area (Å²) in [5.74, 6) is 1.31. The van der Waals surface area contributed by atoms with Crippen LogP contribution in [0.1, 0.15) is 42.5 Å². The average Bonchev–Trinajstić information content (AvgIpc) is 3.11. The molecule has 0 bridgehead atoms. The molecule has 3 aromatic rings. The fourth-order valence-electron chi connectivity index (χ4n) is 2.46. The lowest BCUT2D eigenvalue weighted by Gasteiger charge is -2.14. The first-order chi connectivity index (χ1) is 10.6. The predicted molar refractivity (Wildman–Crippen MR) is 86.0 cm³/mol. The van der Waals surface area contributed by atoms with Crippen molar-refractivity contribution in [3.05, 3.63) is 41.9 Å². The summed E-state index contributed by atoms with van der Waals surface area (Å²) in [5.41, 5.74) is 2.10. The molecule has 1 amide bonds. The van der Waals surface area contributed by atoms with E-state index < -0.39 is 0 Å². The van der Waals surface area contributed by atoms with Crippen molar-refractivity contribution in [1.29, 1.82) is 0 Å². The Balaban J connectivity index is 1.93. The Hall–Kier alpha value is -2.63. The first kappa shape index (κ1) is 14.3. The van der Waals surface area contributed by atoms with Gasteiger partial charge in [-0.15, -0.1) is 0 Å². The molecule has 6 nitrogen and oxygen atoms in total.